The van der Waals surface area contributed by atoms with E-state index in [1.807, 2.05) is 65.8 Å². The van der Waals surface area contributed by atoms with E-state index in [0.29, 0.717) is 25.2 Å². The van der Waals surface area contributed by atoms with E-state index in [4.69, 9.17) is 14.0 Å². The van der Waals surface area contributed by atoms with E-state index in [0.717, 1.165) is 11.1 Å². The number of benzene rings is 1. The average Bonchev–Trinajstić information content (AvgIpc) is 2.73. The smallest absolute Gasteiger partial charge is 0.398 e. The molecule has 1 saturated heterocycles. The Morgan fingerprint density at radius 2 is 1.71 bits per heavy atom. The van der Waals surface area contributed by atoms with Crippen LogP contribution in [0, 0.1) is 6.92 Å². The summed E-state index contributed by atoms with van der Waals surface area (Å²) in [6.45, 7) is 12.7. The Hall–Kier alpha value is -1.17. The quantitative estimate of drug-likeness (QED) is 0.556. The van der Waals surface area contributed by atoms with Gasteiger partial charge in [-0.05, 0) is 64.7 Å². The third-order valence-electron chi connectivity index (χ3n) is 4.92. The second kappa shape index (κ2) is 7.38. The molecule has 0 radical (unpaired) electrons. The van der Waals surface area contributed by atoms with Crippen LogP contribution >= 0.6 is 0 Å². The molecule has 0 spiro atoms. The molecule has 0 saturated carbocycles. The first kappa shape index (κ1) is 19.2. The van der Waals surface area contributed by atoms with Crippen molar-refractivity contribution in [3.8, 4) is 0 Å². The molecule has 1 fully saturated rings. The van der Waals surface area contributed by atoms with Crippen molar-refractivity contribution in [2.75, 3.05) is 13.2 Å². The highest BCUT2D eigenvalue weighted by atomic mass is 19.1. The lowest BCUT2D eigenvalue weighted by molar-refractivity contribution is 0.00578. The summed E-state index contributed by atoms with van der Waals surface area (Å²) in [4.78, 5) is 0. The molecular weight excluding hydrogens is 306 g/mol. The minimum Gasteiger partial charge on any atom is -0.398 e. The molecule has 1 aromatic carbocycles. The van der Waals surface area contributed by atoms with Gasteiger partial charge in [0.05, 0.1) is 17.8 Å². The number of ether oxygens (including phenoxy) is 1. The summed E-state index contributed by atoms with van der Waals surface area (Å²) in [5.74, 6) is 0. The summed E-state index contributed by atoms with van der Waals surface area (Å²) < 4.78 is 32.5. The first-order valence-electron chi connectivity index (χ1n) is 8.57. The maximum atomic E-state index is 15.3. The summed E-state index contributed by atoms with van der Waals surface area (Å²) >= 11 is 0. The van der Waals surface area contributed by atoms with Crippen LogP contribution in [0.1, 0.15) is 52.2 Å². The molecule has 0 bridgehead atoms. The predicted octanol–water partition coefficient (Wildman–Crippen LogP) is 4.73. The fourth-order valence-electron chi connectivity index (χ4n) is 2.70. The summed E-state index contributed by atoms with van der Waals surface area (Å²) in [7, 11) is -0.980. The monoisotopic (exact) mass is 334 g/mol. The minimum atomic E-state index is -0.980. The van der Waals surface area contributed by atoms with Gasteiger partial charge in [-0.1, -0.05) is 24.3 Å². The van der Waals surface area contributed by atoms with Crippen LogP contribution < -0.4 is 0 Å². The Kier molecular flexibility index (Phi) is 5.89. The van der Waals surface area contributed by atoms with Gasteiger partial charge in [-0.15, -0.1) is 0 Å². The Morgan fingerprint density at radius 1 is 1.12 bits per heavy atom. The van der Waals surface area contributed by atoms with Gasteiger partial charge in [0.2, 0.25) is 0 Å². The fraction of sp³-hybridized carbons (Fsp3) is 0.579. The van der Waals surface area contributed by atoms with Crippen LogP contribution in [0.25, 0.3) is 5.57 Å². The van der Waals surface area contributed by atoms with Crippen molar-refractivity contribution in [2.24, 2.45) is 0 Å². The second-order valence-corrected chi connectivity index (χ2v) is 7.18. The summed E-state index contributed by atoms with van der Waals surface area (Å²) in [6, 6.07) is 7.78. The predicted molar refractivity (Wildman–Crippen MR) is 96.4 cm³/mol. The zero-order valence-electron chi connectivity index (χ0n) is 15.6. The molecular formula is C19H28BFO3. The maximum Gasteiger partial charge on any atom is 0.525 e. The largest absolute Gasteiger partial charge is 0.525 e. The Morgan fingerprint density at radius 3 is 2.25 bits per heavy atom. The number of hydrogen-bond acceptors (Lipinski definition) is 3. The van der Waals surface area contributed by atoms with E-state index >= 15 is 4.39 Å². The standard InChI is InChI=1S/C19H28BFO3/c1-7-22-13-12-16(15-11-9-8-10-14(15)2)17(21)20-23-18(3,4)19(5,6)24-20/h8-11H,7,12-13H2,1-6H3. The van der Waals surface area contributed by atoms with E-state index in [-0.39, 0.29) is 5.73 Å². The van der Waals surface area contributed by atoms with Crippen molar-refractivity contribution in [2.45, 2.75) is 59.2 Å². The molecule has 0 aliphatic carbocycles. The molecule has 0 unspecified atom stereocenters. The molecule has 132 valence electrons. The van der Waals surface area contributed by atoms with E-state index in [1.165, 1.54) is 0 Å². The van der Waals surface area contributed by atoms with Crippen LogP contribution in [-0.2, 0) is 14.0 Å². The lowest BCUT2D eigenvalue weighted by Crippen LogP contribution is -2.41. The molecule has 3 nitrogen and oxygen atoms in total. The third kappa shape index (κ3) is 3.90. The maximum absolute atomic E-state index is 15.3. The zero-order valence-corrected chi connectivity index (χ0v) is 15.6. The summed E-state index contributed by atoms with van der Waals surface area (Å²) in [5, 5.41) is 0. The van der Waals surface area contributed by atoms with Crippen molar-refractivity contribution in [3.63, 3.8) is 0 Å². The van der Waals surface area contributed by atoms with Crippen molar-refractivity contribution in [1.82, 2.24) is 0 Å². The molecule has 0 aromatic heterocycles. The molecule has 0 N–H and O–H groups in total. The van der Waals surface area contributed by atoms with Gasteiger partial charge in [0.25, 0.3) is 0 Å². The first-order chi connectivity index (χ1) is 11.2. The van der Waals surface area contributed by atoms with Gasteiger partial charge >= 0.3 is 7.12 Å². The van der Waals surface area contributed by atoms with Crippen LogP contribution in [0.3, 0.4) is 0 Å². The molecule has 0 atom stereocenters. The summed E-state index contributed by atoms with van der Waals surface area (Å²) in [5.41, 5.74) is 1.01. The molecule has 2 rings (SSSR count). The molecule has 5 heteroatoms. The molecule has 1 aromatic rings. The van der Waals surface area contributed by atoms with Crippen LogP contribution in [0.4, 0.5) is 4.39 Å². The van der Waals surface area contributed by atoms with E-state index in [2.05, 4.69) is 0 Å². The molecule has 24 heavy (non-hydrogen) atoms. The van der Waals surface area contributed by atoms with Crippen LogP contribution in [0.15, 0.2) is 30.0 Å². The second-order valence-electron chi connectivity index (χ2n) is 7.18. The molecule has 1 heterocycles. The van der Waals surface area contributed by atoms with Gasteiger partial charge in [0, 0.05) is 6.61 Å². The Balaban J connectivity index is 2.38. The lowest BCUT2D eigenvalue weighted by Gasteiger charge is -2.32. The molecule has 0 amide bonds. The van der Waals surface area contributed by atoms with Crippen LogP contribution in [0.5, 0.6) is 0 Å². The highest BCUT2D eigenvalue weighted by Gasteiger charge is 2.53. The number of rotatable bonds is 6. The SMILES string of the molecule is CCOCCC(=C(F)B1OC(C)(C)C(C)(C)O1)c1ccccc1C. The number of aryl methyl sites for hydroxylation is 1. The van der Waals surface area contributed by atoms with Gasteiger partial charge in [-0.2, -0.15) is 0 Å². The van der Waals surface area contributed by atoms with Gasteiger partial charge in [0.1, 0.15) is 5.73 Å². The molecule has 1 aliphatic rings. The first-order valence-corrected chi connectivity index (χ1v) is 8.57. The number of hydrogen-bond donors (Lipinski definition) is 0. The van der Waals surface area contributed by atoms with E-state index in [1.54, 1.807) is 0 Å². The highest BCUT2D eigenvalue weighted by Crippen LogP contribution is 2.40. The Bertz CT molecular complexity index is 594. The summed E-state index contributed by atoms with van der Waals surface area (Å²) in [6.07, 6.45) is 0.481. The minimum absolute atomic E-state index is 0.359. The fourth-order valence-corrected chi connectivity index (χ4v) is 2.70. The van der Waals surface area contributed by atoms with Gasteiger partial charge in [-0.25, -0.2) is 4.39 Å². The van der Waals surface area contributed by atoms with Gasteiger partial charge < -0.3 is 14.0 Å². The van der Waals surface area contributed by atoms with E-state index in [9.17, 15) is 0 Å². The topological polar surface area (TPSA) is 27.7 Å². The van der Waals surface area contributed by atoms with Crippen molar-refractivity contribution in [1.29, 1.82) is 0 Å². The van der Waals surface area contributed by atoms with Crippen LogP contribution in [-0.4, -0.2) is 31.5 Å². The lowest BCUT2D eigenvalue weighted by atomic mass is 9.81. The van der Waals surface area contributed by atoms with Crippen molar-refractivity contribution >= 4 is 12.7 Å². The molecule has 1 aliphatic heterocycles. The number of halogens is 1. The normalized spacial score (nSPS) is 20.2. The van der Waals surface area contributed by atoms with Gasteiger partial charge in [0.15, 0.2) is 0 Å². The van der Waals surface area contributed by atoms with Crippen LogP contribution in [0.2, 0.25) is 0 Å². The van der Waals surface area contributed by atoms with E-state index < -0.39 is 18.3 Å². The van der Waals surface area contributed by atoms with Crippen molar-refractivity contribution in [3.05, 3.63) is 41.1 Å². The Labute approximate surface area is 145 Å². The zero-order chi connectivity index (χ0) is 18.0. The highest BCUT2D eigenvalue weighted by molar-refractivity contribution is 6.55. The third-order valence-corrected chi connectivity index (χ3v) is 4.92. The van der Waals surface area contributed by atoms with Crippen molar-refractivity contribution < 1.29 is 18.4 Å². The van der Waals surface area contributed by atoms with Gasteiger partial charge in [-0.3, -0.25) is 0 Å². The average molecular weight is 334 g/mol.